The maximum absolute atomic E-state index is 14.1. The fourth-order valence-electron chi connectivity index (χ4n) is 1.94. The van der Waals surface area contributed by atoms with Crippen LogP contribution in [0.5, 0.6) is 11.5 Å². The van der Waals surface area contributed by atoms with Gasteiger partial charge in [-0.05, 0) is 18.2 Å². The van der Waals surface area contributed by atoms with Crippen LogP contribution < -0.4 is 9.47 Å². The third-order valence-corrected chi connectivity index (χ3v) is 3.97. The number of methoxy groups -OCH3 is 2. The second-order valence-electron chi connectivity index (χ2n) is 4.26. The van der Waals surface area contributed by atoms with Crippen LogP contribution in [-0.2, 0) is 0 Å². The molecule has 0 aliphatic carbocycles. The molecule has 0 saturated heterocycles. The molecule has 1 unspecified atom stereocenters. The molecule has 0 N–H and O–H groups in total. The van der Waals surface area contributed by atoms with Crippen LogP contribution in [0.25, 0.3) is 0 Å². The van der Waals surface area contributed by atoms with Gasteiger partial charge in [-0.25, -0.2) is 8.78 Å². The highest BCUT2D eigenvalue weighted by Crippen LogP contribution is 2.38. The van der Waals surface area contributed by atoms with Crippen molar-refractivity contribution in [2.45, 2.75) is 5.38 Å². The molecular formula is C15H12BrClF2O2. The van der Waals surface area contributed by atoms with Crippen molar-refractivity contribution >= 4 is 27.5 Å². The van der Waals surface area contributed by atoms with E-state index < -0.39 is 17.0 Å². The highest BCUT2D eigenvalue weighted by atomic mass is 79.9. The fourth-order valence-corrected chi connectivity index (χ4v) is 2.62. The summed E-state index contributed by atoms with van der Waals surface area (Å²) in [5.74, 6) is -0.524. The van der Waals surface area contributed by atoms with E-state index in [9.17, 15) is 8.78 Å². The van der Waals surface area contributed by atoms with Crippen molar-refractivity contribution in [2.75, 3.05) is 14.2 Å². The summed E-state index contributed by atoms with van der Waals surface area (Å²) < 4.78 is 38.8. The molecule has 0 heterocycles. The summed E-state index contributed by atoms with van der Waals surface area (Å²) in [4.78, 5) is 0. The fraction of sp³-hybridized carbons (Fsp3) is 0.200. The topological polar surface area (TPSA) is 18.5 Å². The van der Waals surface area contributed by atoms with Gasteiger partial charge in [0.1, 0.15) is 11.6 Å². The van der Waals surface area contributed by atoms with E-state index in [0.717, 1.165) is 0 Å². The minimum Gasteiger partial charge on any atom is -0.493 e. The molecule has 2 nitrogen and oxygen atoms in total. The van der Waals surface area contributed by atoms with E-state index in [1.807, 2.05) is 0 Å². The number of rotatable bonds is 4. The molecule has 0 saturated carbocycles. The second-order valence-corrected chi connectivity index (χ2v) is 5.61. The summed E-state index contributed by atoms with van der Waals surface area (Å²) in [5.41, 5.74) is 0.307. The molecule has 6 heteroatoms. The zero-order chi connectivity index (χ0) is 15.6. The summed E-state index contributed by atoms with van der Waals surface area (Å²) in [7, 11) is 2.84. The molecule has 0 radical (unpaired) electrons. The highest BCUT2D eigenvalue weighted by molar-refractivity contribution is 9.10. The first-order chi connectivity index (χ1) is 9.97. The van der Waals surface area contributed by atoms with E-state index in [0.29, 0.717) is 10.2 Å². The smallest absolute Gasteiger partial charge is 0.163 e. The van der Waals surface area contributed by atoms with Crippen molar-refractivity contribution in [1.29, 1.82) is 0 Å². The Bertz CT molecular complexity index is 664. The van der Waals surface area contributed by atoms with E-state index in [1.54, 1.807) is 6.07 Å². The van der Waals surface area contributed by atoms with Crippen molar-refractivity contribution in [3.05, 3.63) is 57.6 Å². The number of alkyl halides is 1. The Balaban J connectivity index is 2.50. The number of hydrogen-bond acceptors (Lipinski definition) is 2. The lowest BCUT2D eigenvalue weighted by atomic mass is 10.0. The van der Waals surface area contributed by atoms with Gasteiger partial charge in [-0.1, -0.05) is 22.0 Å². The van der Waals surface area contributed by atoms with Gasteiger partial charge in [0.2, 0.25) is 0 Å². The summed E-state index contributed by atoms with van der Waals surface area (Å²) in [6.07, 6.45) is 0. The van der Waals surface area contributed by atoms with Crippen LogP contribution in [0.3, 0.4) is 0 Å². The third-order valence-electron chi connectivity index (χ3n) is 3.01. The van der Waals surface area contributed by atoms with Gasteiger partial charge in [0.15, 0.2) is 11.5 Å². The molecule has 0 spiro atoms. The van der Waals surface area contributed by atoms with Crippen molar-refractivity contribution < 1.29 is 18.3 Å². The molecule has 112 valence electrons. The average molecular weight is 378 g/mol. The van der Waals surface area contributed by atoms with Gasteiger partial charge in [-0.15, -0.1) is 11.6 Å². The average Bonchev–Trinajstić information content (AvgIpc) is 2.46. The van der Waals surface area contributed by atoms with Gasteiger partial charge in [-0.3, -0.25) is 0 Å². The van der Waals surface area contributed by atoms with E-state index in [2.05, 4.69) is 15.9 Å². The molecule has 0 amide bonds. The standard InChI is InChI=1S/C15H12BrClF2O2/c1-20-13-6-10(12(19)7-14(13)21-2)15(17)9-4-3-8(16)5-11(9)18/h3-7,15H,1-2H3. The first-order valence-corrected chi connectivity index (χ1v) is 7.21. The molecule has 0 aliphatic rings. The first kappa shape index (κ1) is 16.0. The molecule has 21 heavy (non-hydrogen) atoms. The largest absolute Gasteiger partial charge is 0.493 e. The molecule has 2 aromatic carbocycles. The van der Waals surface area contributed by atoms with E-state index in [1.165, 1.54) is 38.5 Å². The first-order valence-electron chi connectivity index (χ1n) is 5.98. The minimum absolute atomic E-state index is 0.121. The van der Waals surface area contributed by atoms with Gasteiger partial charge in [0.25, 0.3) is 0 Å². The lowest BCUT2D eigenvalue weighted by Gasteiger charge is -2.15. The van der Waals surface area contributed by atoms with Crippen molar-refractivity contribution in [3.63, 3.8) is 0 Å². The Morgan fingerprint density at radius 2 is 1.52 bits per heavy atom. The lowest BCUT2D eigenvalue weighted by molar-refractivity contribution is 0.351. The van der Waals surface area contributed by atoms with E-state index >= 15 is 0 Å². The van der Waals surface area contributed by atoms with Gasteiger partial charge in [-0.2, -0.15) is 0 Å². The normalized spacial score (nSPS) is 12.1. The van der Waals surface area contributed by atoms with Crippen LogP contribution >= 0.6 is 27.5 Å². The monoisotopic (exact) mass is 376 g/mol. The Kier molecular flexibility index (Phi) is 5.06. The molecule has 2 aromatic rings. The zero-order valence-corrected chi connectivity index (χ0v) is 13.6. The van der Waals surface area contributed by atoms with Gasteiger partial charge in [0, 0.05) is 21.7 Å². The SMILES string of the molecule is COc1cc(F)c(C(Cl)c2ccc(Br)cc2F)cc1OC. The quantitative estimate of drug-likeness (QED) is 0.692. The van der Waals surface area contributed by atoms with Gasteiger partial charge < -0.3 is 9.47 Å². The van der Waals surface area contributed by atoms with Gasteiger partial charge in [0.05, 0.1) is 19.6 Å². The van der Waals surface area contributed by atoms with Crippen molar-refractivity contribution in [3.8, 4) is 11.5 Å². The predicted octanol–water partition coefficient (Wildman–Crippen LogP) is 5.07. The summed E-state index contributed by atoms with van der Waals surface area (Å²) >= 11 is 9.39. The lowest BCUT2D eigenvalue weighted by Crippen LogP contribution is -2.02. The van der Waals surface area contributed by atoms with Crippen LogP contribution in [0.2, 0.25) is 0 Å². The molecule has 0 fully saturated rings. The maximum Gasteiger partial charge on any atom is 0.163 e. The number of benzene rings is 2. The third kappa shape index (κ3) is 3.30. The molecular weight excluding hydrogens is 366 g/mol. The molecule has 1 atom stereocenters. The maximum atomic E-state index is 14.1. The van der Waals surface area contributed by atoms with Gasteiger partial charge >= 0.3 is 0 Å². The Labute approximate surface area is 134 Å². The Hall–Kier alpha value is -1.33. The van der Waals surface area contributed by atoms with Crippen LogP contribution in [0.4, 0.5) is 8.78 Å². The summed E-state index contributed by atoms with van der Waals surface area (Å²) in [6.45, 7) is 0. The van der Waals surface area contributed by atoms with Crippen LogP contribution in [0.1, 0.15) is 16.5 Å². The zero-order valence-electron chi connectivity index (χ0n) is 11.3. The number of ether oxygens (including phenoxy) is 2. The minimum atomic E-state index is -0.974. The Morgan fingerprint density at radius 3 is 2.10 bits per heavy atom. The second kappa shape index (κ2) is 6.62. The molecule has 0 bridgehead atoms. The molecule has 0 aliphatic heterocycles. The molecule has 2 rings (SSSR count). The highest BCUT2D eigenvalue weighted by Gasteiger charge is 2.21. The van der Waals surface area contributed by atoms with Crippen LogP contribution in [-0.4, -0.2) is 14.2 Å². The van der Waals surface area contributed by atoms with Crippen molar-refractivity contribution in [2.24, 2.45) is 0 Å². The summed E-state index contributed by atoms with van der Waals surface area (Å²) in [5, 5.41) is -0.974. The van der Waals surface area contributed by atoms with E-state index in [-0.39, 0.29) is 16.9 Å². The predicted molar refractivity (Wildman–Crippen MR) is 81.3 cm³/mol. The number of halogens is 4. The van der Waals surface area contributed by atoms with Crippen LogP contribution in [0.15, 0.2) is 34.8 Å². The van der Waals surface area contributed by atoms with Crippen molar-refractivity contribution in [1.82, 2.24) is 0 Å². The number of hydrogen-bond donors (Lipinski definition) is 0. The van der Waals surface area contributed by atoms with E-state index in [4.69, 9.17) is 21.1 Å². The molecule has 0 aromatic heterocycles. The van der Waals surface area contributed by atoms with Crippen LogP contribution in [0, 0.1) is 11.6 Å². The summed E-state index contributed by atoms with van der Waals surface area (Å²) in [6, 6.07) is 7.01. The Morgan fingerprint density at radius 1 is 0.952 bits per heavy atom.